The van der Waals surface area contributed by atoms with Crippen molar-refractivity contribution in [3.63, 3.8) is 0 Å². The van der Waals surface area contributed by atoms with Gasteiger partial charge < -0.3 is 9.11 Å². The van der Waals surface area contributed by atoms with Gasteiger partial charge in [0.05, 0.1) is 20.2 Å². The van der Waals surface area contributed by atoms with Crippen LogP contribution in [0.4, 0.5) is 0 Å². The summed E-state index contributed by atoms with van der Waals surface area (Å²) in [5.41, 5.74) is 0. The molecule has 2 unspecified atom stereocenters. The zero-order valence-electron chi connectivity index (χ0n) is 27.5. The third-order valence-electron chi connectivity index (χ3n) is 7.84. The fourth-order valence-corrected chi connectivity index (χ4v) is 6.94. The van der Waals surface area contributed by atoms with Crippen molar-refractivity contribution in [1.29, 1.82) is 0 Å². The summed E-state index contributed by atoms with van der Waals surface area (Å²) < 4.78 is 67.2. The van der Waals surface area contributed by atoms with E-state index in [0.29, 0.717) is 25.7 Å². The maximum Gasteiger partial charge on any atom is 2.00 e. The third-order valence-corrected chi connectivity index (χ3v) is 10.4. The van der Waals surface area contributed by atoms with E-state index in [4.69, 9.17) is 0 Å². The van der Waals surface area contributed by atoms with E-state index in [1.807, 2.05) is 0 Å². The minimum Gasteiger partial charge on any atom is -0.748 e. The van der Waals surface area contributed by atoms with E-state index in [2.05, 4.69) is 27.7 Å². The van der Waals surface area contributed by atoms with Crippen molar-refractivity contribution in [1.82, 2.24) is 0 Å². The van der Waals surface area contributed by atoms with Gasteiger partial charge in [-0.1, -0.05) is 169 Å². The first kappa shape index (κ1) is 46.8. The summed E-state index contributed by atoms with van der Waals surface area (Å²) >= 11 is 0. The summed E-state index contributed by atoms with van der Waals surface area (Å²) in [6.45, 7) is 8.59. The van der Waals surface area contributed by atoms with Gasteiger partial charge in [0.15, 0.2) is 0 Å². The van der Waals surface area contributed by atoms with Gasteiger partial charge in [-0.25, -0.2) is 16.8 Å². The minimum atomic E-state index is -4.10. The minimum absolute atomic E-state index is 0. The second kappa shape index (κ2) is 32.8. The topological polar surface area (TPSA) is 114 Å². The van der Waals surface area contributed by atoms with E-state index < -0.39 is 30.7 Å². The number of hydrogen-bond acceptors (Lipinski definition) is 6. The Bertz CT molecular complexity index is 666. The summed E-state index contributed by atoms with van der Waals surface area (Å²) in [5, 5.41) is -1.29. The van der Waals surface area contributed by atoms with Crippen molar-refractivity contribution in [2.75, 3.05) is 0 Å². The summed E-state index contributed by atoms with van der Waals surface area (Å²) in [4.78, 5) is 0. The van der Waals surface area contributed by atoms with Crippen LogP contribution in [-0.4, -0.2) is 85.3 Å². The summed E-state index contributed by atoms with van der Waals surface area (Å²) in [6, 6.07) is 0. The van der Waals surface area contributed by atoms with E-state index in [-0.39, 0.29) is 48.9 Å². The first-order valence-electron chi connectivity index (χ1n) is 16.9. The normalized spacial score (nSPS) is 13.2. The third kappa shape index (κ3) is 34.1. The van der Waals surface area contributed by atoms with Gasteiger partial charge in [0, 0.05) is 10.5 Å². The molecule has 0 aliphatic carbocycles. The molecular formula is C32H66BaO6S2. The van der Waals surface area contributed by atoms with Crippen molar-refractivity contribution in [3.8, 4) is 0 Å². The van der Waals surface area contributed by atoms with Gasteiger partial charge in [0.1, 0.15) is 0 Å². The van der Waals surface area contributed by atoms with E-state index >= 15 is 0 Å². The van der Waals surface area contributed by atoms with Crippen LogP contribution < -0.4 is 0 Å². The molecule has 6 nitrogen and oxygen atoms in total. The van der Waals surface area contributed by atoms with Crippen molar-refractivity contribution in [2.24, 2.45) is 0 Å². The van der Waals surface area contributed by atoms with Crippen LogP contribution >= 0.6 is 0 Å². The maximum atomic E-state index is 11.2. The second-order valence-corrected chi connectivity index (χ2v) is 15.1. The molecule has 0 aromatic heterocycles. The number of rotatable bonds is 28. The molecule has 41 heavy (non-hydrogen) atoms. The van der Waals surface area contributed by atoms with Crippen LogP contribution in [0.5, 0.6) is 0 Å². The molecule has 0 N–H and O–H groups in total. The molecule has 0 aliphatic rings. The molecule has 9 heteroatoms. The van der Waals surface area contributed by atoms with E-state index in [1.54, 1.807) is 0 Å². The zero-order valence-corrected chi connectivity index (χ0v) is 33.6. The van der Waals surface area contributed by atoms with Crippen LogP contribution in [0, 0.1) is 0 Å². The molecule has 0 amide bonds. The molecule has 0 heterocycles. The molecule has 0 rings (SSSR count). The molecular weight excluding hydrogens is 682 g/mol. The average molecular weight is 748 g/mol. The number of hydrogen-bond donors (Lipinski definition) is 0. The molecule has 0 spiro atoms. The summed E-state index contributed by atoms with van der Waals surface area (Å²) in [6.07, 6.45) is 27.2. The molecule has 0 aromatic rings. The molecule has 244 valence electrons. The van der Waals surface area contributed by atoms with Gasteiger partial charge in [-0.2, -0.15) is 0 Å². The van der Waals surface area contributed by atoms with Crippen molar-refractivity contribution in [2.45, 2.75) is 205 Å². The Morgan fingerprint density at radius 2 is 0.537 bits per heavy atom. The van der Waals surface area contributed by atoms with Crippen molar-refractivity contribution in [3.05, 3.63) is 0 Å². The van der Waals surface area contributed by atoms with Crippen LogP contribution in [0.2, 0.25) is 0 Å². The largest absolute Gasteiger partial charge is 2.00 e. The molecule has 0 aliphatic heterocycles. The second-order valence-electron chi connectivity index (χ2n) is 11.7. The fraction of sp³-hybridized carbons (Fsp3) is 1.00. The quantitative estimate of drug-likeness (QED) is 0.0447. The Hall–Kier alpha value is 1.39. The van der Waals surface area contributed by atoms with Gasteiger partial charge in [-0.3, -0.25) is 0 Å². The summed E-state index contributed by atoms with van der Waals surface area (Å²) in [7, 11) is -8.20. The van der Waals surface area contributed by atoms with Crippen molar-refractivity contribution >= 4 is 69.1 Å². The van der Waals surface area contributed by atoms with E-state index in [0.717, 1.165) is 64.2 Å². The molecule has 0 radical (unpaired) electrons. The van der Waals surface area contributed by atoms with Gasteiger partial charge in [0.25, 0.3) is 0 Å². The fourth-order valence-electron chi connectivity index (χ4n) is 5.12. The SMILES string of the molecule is CCCCCCCCCCC(CCCCC)S(=O)(=O)[O-].CCCCCCCCCCC(CCCCC)S(=O)(=O)[O-].[Ba+2]. The van der Waals surface area contributed by atoms with E-state index in [9.17, 15) is 25.9 Å². The Morgan fingerprint density at radius 1 is 0.366 bits per heavy atom. The molecule has 0 aromatic carbocycles. The number of unbranched alkanes of at least 4 members (excludes halogenated alkanes) is 18. The van der Waals surface area contributed by atoms with E-state index in [1.165, 1.54) is 77.0 Å². The molecule has 0 saturated heterocycles. The Labute approximate surface area is 297 Å². The first-order chi connectivity index (χ1) is 19.0. The van der Waals surface area contributed by atoms with Gasteiger partial charge >= 0.3 is 48.9 Å². The smallest absolute Gasteiger partial charge is 0.748 e. The van der Waals surface area contributed by atoms with Crippen molar-refractivity contribution < 1.29 is 25.9 Å². The van der Waals surface area contributed by atoms with Crippen LogP contribution in [0.1, 0.15) is 195 Å². The van der Waals surface area contributed by atoms with Gasteiger partial charge in [0.2, 0.25) is 0 Å². The monoisotopic (exact) mass is 748 g/mol. The van der Waals surface area contributed by atoms with Crippen LogP contribution in [0.3, 0.4) is 0 Å². The average Bonchev–Trinajstić information content (AvgIpc) is 2.88. The Morgan fingerprint density at radius 3 is 0.756 bits per heavy atom. The summed E-state index contributed by atoms with van der Waals surface area (Å²) in [5.74, 6) is 0. The molecule has 0 bridgehead atoms. The van der Waals surface area contributed by atoms with Crippen LogP contribution in [0.25, 0.3) is 0 Å². The maximum absolute atomic E-state index is 11.2. The standard InChI is InChI=1S/2C16H34O3S.Ba/c2*1-3-5-7-8-9-10-11-13-15-16(20(17,18)19)14-12-6-4-2;/h2*16H,3-15H2,1-2H3,(H,17,18,19);/q;;+2/p-2. The predicted octanol–water partition coefficient (Wildman–Crippen LogP) is 9.64. The van der Waals surface area contributed by atoms with Crippen LogP contribution in [0.15, 0.2) is 0 Å². The van der Waals surface area contributed by atoms with Gasteiger partial charge in [-0.05, 0) is 25.7 Å². The molecule has 0 saturated carbocycles. The molecule has 2 atom stereocenters. The molecule has 0 fully saturated rings. The predicted molar refractivity (Wildman–Crippen MR) is 175 cm³/mol. The zero-order chi connectivity index (χ0) is 30.5. The van der Waals surface area contributed by atoms with Crippen LogP contribution in [-0.2, 0) is 20.2 Å². The Kier molecular flexibility index (Phi) is 37.4. The Balaban J connectivity index is -0.000000688. The first-order valence-corrected chi connectivity index (χ1v) is 19.9. The van der Waals surface area contributed by atoms with Gasteiger partial charge in [-0.15, -0.1) is 0 Å².